The summed E-state index contributed by atoms with van der Waals surface area (Å²) in [5, 5.41) is 1.65. The van der Waals surface area contributed by atoms with Gasteiger partial charge in [0.25, 0.3) is 0 Å². The van der Waals surface area contributed by atoms with Gasteiger partial charge in [0, 0.05) is 14.1 Å². The number of imidazole rings is 1. The molecular formula is C13H18N4O. The molecule has 1 aromatic heterocycles. The quantitative estimate of drug-likeness (QED) is 0.805. The van der Waals surface area contributed by atoms with E-state index in [2.05, 4.69) is 15.4 Å². The average molecular weight is 246 g/mol. The normalized spacial score (nSPS) is 12.1. The third kappa shape index (κ3) is 2.22. The van der Waals surface area contributed by atoms with Gasteiger partial charge in [-0.3, -0.25) is 10.2 Å². The van der Waals surface area contributed by atoms with Crippen molar-refractivity contribution in [3.05, 3.63) is 30.1 Å². The van der Waals surface area contributed by atoms with Gasteiger partial charge >= 0.3 is 0 Å². The fraction of sp³-hybridized carbons (Fsp3) is 0.385. The van der Waals surface area contributed by atoms with Crippen LogP contribution < -0.4 is 5.43 Å². The molecule has 1 heterocycles. The number of carbonyl (C=O) groups is 1. The zero-order valence-electron chi connectivity index (χ0n) is 11.1. The number of nitrogens with one attached hydrogen (secondary N) is 2. The molecule has 18 heavy (non-hydrogen) atoms. The summed E-state index contributed by atoms with van der Waals surface area (Å²) >= 11 is 0. The molecule has 0 saturated carbocycles. The number of hydrazine groups is 1. The predicted octanol–water partition coefficient (Wildman–Crippen LogP) is 1.43. The van der Waals surface area contributed by atoms with E-state index in [0.29, 0.717) is 0 Å². The lowest BCUT2D eigenvalue weighted by atomic mass is 9.83. The minimum Gasteiger partial charge on any atom is -0.345 e. The highest BCUT2D eigenvalue weighted by atomic mass is 16.2. The zero-order chi connectivity index (χ0) is 13.3. The van der Waals surface area contributed by atoms with E-state index in [1.807, 2.05) is 32.0 Å². The number of nitrogens with zero attached hydrogens (tertiary/aromatic N) is 2. The lowest BCUT2D eigenvalue weighted by Gasteiger charge is -2.26. The Bertz CT molecular complexity index is 571. The van der Waals surface area contributed by atoms with Gasteiger partial charge in [-0.05, 0) is 31.5 Å². The molecular weight excluding hydrogens is 228 g/mol. The SMILES string of the molecule is CN(C)NC(=O)C(C)(C)c1ccc2nc[nH]c2c1. The molecule has 0 bridgehead atoms. The van der Waals surface area contributed by atoms with Gasteiger partial charge in [0.05, 0.1) is 22.8 Å². The van der Waals surface area contributed by atoms with Crippen LogP contribution in [0.25, 0.3) is 11.0 Å². The van der Waals surface area contributed by atoms with Crippen LogP contribution in [0.15, 0.2) is 24.5 Å². The molecule has 0 aliphatic rings. The number of hydrogen-bond donors (Lipinski definition) is 2. The molecule has 0 aliphatic carbocycles. The van der Waals surface area contributed by atoms with Crippen LogP contribution in [-0.2, 0) is 10.2 Å². The molecule has 2 rings (SSSR count). The number of H-pyrrole nitrogens is 1. The molecule has 1 aromatic carbocycles. The van der Waals surface area contributed by atoms with E-state index >= 15 is 0 Å². The van der Waals surface area contributed by atoms with Crippen molar-refractivity contribution in [1.82, 2.24) is 20.4 Å². The molecule has 2 N–H and O–H groups in total. The van der Waals surface area contributed by atoms with Crippen molar-refractivity contribution in [3.8, 4) is 0 Å². The molecule has 0 atom stereocenters. The molecule has 2 aromatic rings. The Balaban J connectivity index is 2.35. The lowest BCUT2D eigenvalue weighted by Crippen LogP contribution is -2.46. The fourth-order valence-corrected chi connectivity index (χ4v) is 1.80. The summed E-state index contributed by atoms with van der Waals surface area (Å²) in [6, 6.07) is 5.84. The Morgan fingerprint density at radius 3 is 2.78 bits per heavy atom. The summed E-state index contributed by atoms with van der Waals surface area (Å²) in [4.78, 5) is 19.4. The van der Waals surface area contributed by atoms with E-state index < -0.39 is 5.41 Å². The van der Waals surface area contributed by atoms with Crippen LogP contribution in [0.2, 0.25) is 0 Å². The van der Waals surface area contributed by atoms with Crippen molar-refractivity contribution in [3.63, 3.8) is 0 Å². The van der Waals surface area contributed by atoms with Gasteiger partial charge in [-0.25, -0.2) is 9.99 Å². The summed E-state index contributed by atoms with van der Waals surface area (Å²) in [6.45, 7) is 3.81. The molecule has 0 unspecified atom stereocenters. The maximum atomic E-state index is 12.2. The summed E-state index contributed by atoms with van der Waals surface area (Å²) < 4.78 is 0. The largest absolute Gasteiger partial charge is 0.345 e. The van der Waals surface area contributed by atoms with Gasteiger partial charge in [0.1, 0.15) is 0 Å². The second kappa shape index (κ2) is 4.42. The minimum atomic E-state index is -0.594. The van der Waals surface area contributed by atoms with Gasteiger partial charge in [0.15, 0.2) is 0 Å². The van der Waals surface area contributed by atoms with Crippen molar-refractivity contribution in [2.45, 2.75) is 19.3 Å². The first-order valence-electron chi connectivity index (χ1n) is 5.83. The molecule has 0 radical (unpaired) electrons. The maximum absolute atomic E-state index is 12.2. The smallest absolute Gasteiger partial charge is 0.244 e. The van der Waals surface area contributed by atoms with Gasteiger partial charge in [-0.1, -0.05) is 6.07 Å². The molecule has 0 aliphatic heterocycles. The highest BCUT2D eigenvalue weighted by Gasteiger charge is 2.30. The highest BCUT2D eigenvalue weighted by molar-refractivity contribution is 5.88. The van der Waals surface area contributed by atoms with Crippen molar-refractivity contribution >= 4 is 16.9 Å². The second-order valence-corrected chi connectivity index (χ2v) is 5.09. The third-order valence-electron chi connectivity index (χ3n) is 3.03. The van der Waals surface area contributed by atoms with Crippen LogP contribution in [0.1, 0.15) is 19.4 Å². The van der Waals surface area contributed by atoms with Crippen LogP contribution in [0.3, 0.4) is 0 Å². The summed E-state index contributed by atoms with van der Waals surface area (Å²) in [7, 11) is 3.60. The Morgan fingerprint density at radius 1 is 1.39 bits per heavy atom. The van der Waals surface area contributed by atoms with E-state index in [9.17, 15) is 4.79 Å². The minimum absolute atomic E-state index is 0.0358. The van der Waals surface area contributed by atoms with E-state index in [4.69, 9.17) is 0 Å². The topological polar surface area (TPSA) is 61.0 Å². The van der Waals surface area contributed by atoms with Gasteiger partial charge in [-0.2, -0.15) is 0 Å². The fourth-order valence-electron chi connectivity index (χ4n) is 1.80. The third-order valence-corrected chi connectivity index (χ3v) is 3.03. The maximum Gasteiger partial charge on any atom is 0.244 e. The molecule has 5 heteroatoms. The molecule has 96 valence electrons. The van der Waals surface area contributed by atoms with Crippen molar-refractivity contribution in [2.75, 3.05) is 14.1 Å². The average Bonchev–Trinajstić information content (AvgIpc) is 2.74. The standard InChI is InChI=1S/C13H18N4O/c1-13(2,12(18)16-17(3)4)9-5-6-10-11(7-9)15-8-14-10/h5-8H,1-4H3,(H,14,15)(H,16,18). The number of benzene rings is 1. The first kappa shape index (κ1) is 12.6. The summed E-state index contributed by atoms with van der Waals surface area (Å²) in [6.07, 6.45) is 1.65. The second-order valence-electron chi connectivity index (χ2n) is 5.09. The van der Waals surface area contributed by atoms with Crippen LogP contribution in [-0.4, -0.2) is 35.0 Å². The molecule has 5 nitrogen and oxygen atoms in total. The van der Waals surface area contributed by atoms with E-state index in [-0.39, 0.29) is 5.91 Å². The Labute approximate surface area is 106 Å². The van der Waals surface area contributed by atoms with E-state index in [1.54, 1.807) is 25.4 Å². The monoisotopic (exact) mass is 246 g/mol. The number of aromatic nitrogens is 2. The Kier molecular flexibility index (Phi) is 3.09. The summed E-state index contributed by atoms with van der Waals surface area (Å²) in [5.41, 5.74) is 5.00. The Morgan fingerprint density at radius 2 is 2.11 bits per heavy atom. The van der Waals surface area contributed by atoms with Crippen LogP contribution >= 0.6 is 0 Å². The first-order valence-corrected chi connectivity index (χ1v) is 5.83. The molecule has 0 spiro atoms. The number of rotatable bonds is 3. The molecule has 0 saturated heterocycles. The first-order chi connectivity index (χ1) is 8.41. The number of amides is 1. The van der Waals surface area contributed by atoms with Crippen molar-refractivity contribution in [1.29, 1.82) is 0 Å². The van der Waals surface area contributed by atoms with Gasteiger partial charge in [0.2, 0.25) is 5.91 Å². The Hall–Kier alpha value is -1.88. The zero-order valence-corrected chi connectivity index (χ0v) is 11.1. The van der Waals surface area contributed by atoms with Crippen molar-refractivity contribution < 1.29 is 4.79 Å². The van der Waals surface area contributed by atoms with Crippen LogP contribution in [0.5, 0.6) is 0 Å². The number of aromatic amines is 1. The number of hydrogen-bond acceptors (Lipinski definition) is 3. The molecule has 1 amide bonds. The van der Waals surface area contributed by atoms with E-state index in [1.165, 1.54) is 0 Å². The summed E-state index contributed by atoms with van der Waals surface area (Å²) in [5.74, 6) is -0.0358. The lowest BCUT2D eigenvalue weighted by molar-refractivity contribution is -0.129. The van der Waals surface area contributed by atoms with Gasteiger partial charge in [-0.15, -0.1) is 0 Å². The molecule has 0 fully saturated rings. The van der Waals surface area contributed by atoms with Crippen molar-refractivity contribution in [2.24, 2.45) is 0 Å². The number of fused-ring (bicyclic) bond motifs is 1. The van der Waals surface area contributed by atoms with E-state index in [0.717, 1.165) is 16.6 Å². The van der Waals surface area contributed by atoms with Gasteiger partial charge < -0.3 is 4.98 Å². The predicted molar refractivity (Wildman–Crippen MR) is 70.9 cm³/mol. The van der Waals surface area contributed by atoms with Crippen LogP contribution in [0.4, 0.5) is 0 Å². The highest BCUT2D eigenvalue weighted by Crippen LogP contribution is 2.25. The van der Waals surface area contributed by atoms with Crippen LogP contribution in [0, 0.1) is 0 Å². The number of carbonyl (C=O) groups excluding carboxylic acids is 1.